The van der Waals surface area contributed by atoms with Gasteiger partial charge in [0.05, 0.1) is 29.2 Å². The maximum Gasteiger partial charge on any atom is 0.150 e. The van der Waals surface area contributed by atoms with Crippen LogP contribution >= 0.6 is 11.6 Å². The Morgan fingerprint density at radius 3 is 2.77 bits per heavy atom. The first-order valence-electron chi connectivity index (χ1n) is 11.2. The second-order valence-corrected chi connectivity index (χ2v) is 8.79. The molecule has 5 rings (SSSR count). The van der Waals surface area contributed by atoms with Crippen molar-refractivity contribution in [2.75, 3.05) is 26.8 Å². The number of halogens is 3. The smallest absolute Gasteiger partial charge is 0.150 e. The molecule has 0 aromatic carbocycles. The van der Waals surface area contributed by atoms with E-state index in [1.54, 1.807) is 10.6 Å². The Labute approximate surface area is 205 Å². The third-order valence-electron chi connectivity index (χ3n) is 6.20. The lowest BCUT2D eigenvalue weighted by Crippen LogP contribution is -2.30. The van der Waals surface area contributed by atoms with Crippen LogP contribution in [0.25, 0.3) is 16.8 Å². The largest absolute Gasteiger partial charge is 0.488 e. The third-order valence-corrected chi connectivity index (χ3v) is 6.48. The Kier molecular flexibility index (Phi) is 6.63. The molecule has 1 atom stereocenters. The number of nitrogens with zero attached hydrogens (tertiary/aromatic N) is 6. The van der Waals surface area contributed by atoms with Gasteiger partial charge < -0.3 is 14.8 Å². The summed E-state index contributed by atoms with van der Waals surface area (Å²) in [6.45, 7) is 3.79. The van der Waals surface area contributed by atoms with E-state index in [0.717, 1.165) is 49.5 Å². The number of rotatable bonds is 7. The van der Waals surface area contributed by atoms with Crippen molar-refractivity contribution in [3.8, 4) is 17.0 Å². The van der Waals surface area contributed by atoms with Crippen LogP contribution in [0.4, 0.5) is 8.78 Å². The van der Waals surface area contributed by atoms with E-state index in [0.29, 0.717) is 22.0 Å². The highest BCUT2D eigenvalue weighted by molar-refractivity contribution is 6.34. The number of methoxy groups -OCH3 is 1. The molecular formula is C23H24ClF2N7O2. The molecule has 0 aliphatic carbocycles. The molecule has 1 saturated heterocycles. The van der Waals surface area contributed by atoms with Gasteiger partial charge in [0.2, 0.25) is 0 Å². The van der Waals surface area contributed by atoms with Gasteiger partial charge in [-0.1, -0.05) is 16.8 Å². The molecule has 1 aliphatic heterocycles. The lowest BCUT2D eigenvalue weighted by molar-refractivity contribution is 0.0520. The Balaban J connectivity index is 1.47. The third kappa shape index (κ3) is 4.58. The van der Waals surface area contributed by atoms with E-state index < -0.39 is 17.7 Å². The van der Waals surface area contributed by atoms with Crippen molar-refractivity contribution in [3.63, 3.8) is 0 Å². The highest BCUT2D eigenvalue weighted by atomic mass is 35.5. The number of pyridine rings is 2. The number of nitrogens with one attached hydrogen (secondary N) is 1. The maximum absolute atomic E-state index is 14.3. The van der Waals surface area contributed by atoms with Gasteiger partial charge >= 0.3 is 0 Å². The van der Waals surface area contributed by atoms with Gasteiger partial charge in [-0.15, -0.1) is 5.10 Å². The Morgan fingerprint density at radius 2 is 2.03 bits per heavy atom. The fraction of sp³-hybridized carbons (Fsp3) is 0.391. The molecule has 0 amide bonds. The van der Waals surface area contributed by atoms with E-state index in [1.165, 1.54) is 13.3 Å². The standard InChI is InChI=1S/C23H24ClF2N7O2/c1-13-21(30-31-33(13)16-3-5-27-6-4-16)14-7-19(23-17(24)10-29-32(23)11-14)35-12-20(34-2)22-18(26)8-15(25)9-28-22/h7-11,16,20,27H,3-6,12H2,1-2H3. The summed E-state index contributed by atoms with van der Waals surface area (Å²) in [5.74, 6) is -1.17. The molecule has 1 fully saturated rings. The minimum absolute atomic E-state index is 0.0542. The predicted octanol–water partition coefficient (Wildman–Crippen LogP) is 3.92. The number of fused-ring (bicyclic) bond motifs is 1. The van der Waals surface area contributed by atoms with Crippen LogP contribution in [0.15, 0.2) is 30.7 Å². The lowest BCUT2D eigenvalue weighted by Gasteiger charge is -2.23. The number of aromatic nitrogens is 6. The van der Waals surface area contributed by atoms with Crippen molar-refractivity contribution in [1.82, 2.24) is 34.9 Å². The topological polar surface area (TPSA) is 91.4 Å². The molecule has 0 spiro atoms. The summed E-state index contributed by atoms with van der Waals surface area (Å²) >= 11 is 6.38. The van der Waals surface area contributed by atoms with E-state index in [-0.39, 0.29) is 18.3 Å². The number of piperidine rings is 1. The van der Waals surface area contributed by atoms with Gasteiger partial charge in [0.25, 0.3) is 0 Å². The highest BCUT2D eigenvalue weighted by Gasteiger charge is 2.23. The van der Waals surface area contributed by atoms with Crippen LogP contribution in [0.2, 0.25) is 5.02 Å². The van der Waals surface area contributed by atoms with Crippen LogP contribution in [0.1, 0.15) is 36.4 Å². The van der Waals surface area contributed by atoms with Gasteiger partial charge in [-0.25, -0.2) is 18.0 Å². The molecule has 4 aromatic rings. The van der Waals surface area contributed by atoms with E-state index in [1.807, 2.05) is 17.8 Å². The van der Waals surface area contributed by atoms with Crippen LogP contribution in [0.3, 0.4) is 0 Å². The molecule has 1 N–H and O–H groups in total. The SMILES string of the molecule is COC(COc1cc(-c2nnn(C3CCNCC3)c2C)cn2ncc(Cl)c12)c1ncc(F)cc1F. The van der Waals surface area contributed by atoms with Crippen LogP contribution in [0.5, 0.6) is 5.75 Å². The molecule has 1 aliphatic rings. The molecule has 0 bridgehead atoms. The van der Waals surface area contributed by atoms with Crippen LogP contribution in [-0.2, 0) is 4.74 Å². The Hall–Kier alpha value is -3.15. The lowest BCUT2D eigenvalue weighted by atomic mass is 10.1. The van der Waals surface area contributed by atoms with Crippen LogP contribution in [-0.4, -0.2) is 56.4 Å². The first-order valence-corrected chi connectivity index (χ1v) is 11.6. The predicted molar refractivity (Wildman–Crippen MR) is 124 cm³/mol. The summed E-state index contributed by atoms with van der Waals surface area (Å²) in [5.41, 5.74) is 2.87. The second kappa shape index (κ2) is 9.84. The zero-order valence-corrected chi connectivity index (χ0v) is 20.0. The quantitative estimate of drug-likeness (QED) is 0.408. The van der Waals surface area contributed by atoms with Crippen molar-refractivity contribution >= 4 is 17.1 Å². The monoisotopic (exact) mass is 503 g/mol. The first kappa shape index (κ1) is 23.6. The van der Waals surface area contributed by atoms with Gasteiger partial charge in [-0.2, -0.15) is 5.10 Å². The fourth-order valence-corrected chi connectivity index (χ4v) is 4.60. The van der Waals surface area contributed by atoms with Gasteiger partial charge in [0.15, 0.2) is 0 Å². The molecule has 35 heavy (non-hydrogen) atoms. The van der Waals surface area contributed by atoms with Crippen molar-refractivity contribution in [1.29, 1.82) is 0 Å². The van der Waals surface area contributed by atoms with E-state index in [9.17, 15) is 8.78 Å². The fourth-order valence-electron chi connectivity index (χ4n) is 4.38. The molecule has 0 radical (unpaired) electrons. The van der Waals surface area contributed by atoms with Gasteiger partial charge in [0, 0.05) is 24.9 Å². The summed E-state index contributed by atoms with van der Waals surface area (Å²) < 4.78 is 42.6. The minimum atomic E-state index is -0.872. The number of hydrogen-bond donors (Lipinski definition) is 1. The highest BCUT2D eigenvalue weighted by Crippen LogP contribution is 2.34. The zero-order valence-electron chi connectivity index (χ0n) is 19.2. The Bertz CT molecular complexity index is 1350. The first-order chi connectivity index (χ1) is 17.0. The summed E-state index contributed by atoms with van der Waals surface area (Å²) in [5, 5.41) is 16.9. The summed E-state index contributed by atoms with van der Waals surface area (Å²) in [4.78, 5) is 3.83. The molecule has 1 unspecified atom stereocenters. The van der Waals surface area contributed by atoms with Gasteiger partial charge in [0.1, 0.15) is 47.0 Å². The average Bonchev–Trinajstić information content (AvgIpc) is 3.43. The van der Waals surface area contributed by atoms with Crippen molar-refractivity contribution in [2.45, 2.75) is 31.9 Å². The number of hydrogen-bond acceptors (Lipinski definition) is 7. The minimum Gasteiger partial charge on any atom is -0.488 e. The Morgan fingerprint density at radius 1 is 1.23 bits per heavy atom. The van der Waals surface area contributed by atoms with E-state index >= 15 is 0 Å². The van der Waals surface area contributed by atoms with Gasteiger partial charge in [-0.05, 0) is 38.9 Å². The summed E-state index contributed by atoms with van der Waals surface area (Å²) in [6, 6.07) is 2.85. The molecule has 5 heterocycles. The van der Waals surface area contributed by atoms with Crippen molar-refractivity contribution in [3.05, 3.63) is 58.8 Å². The van der Waals surface area contributed by atoms with Crippen molar-refractivity contribution in [2.24, 2.45) is 0 Å². The van der Waals surface area contributed by atoms with Crippen LogP contribution in [0, 0.1) is 18.6 Å². The summed E-state index contributed by atoms with van der Waals surface area (Å²) in [7, 11) is 1.40. The number of ether oxygens (including phenoxy) is 2. The van der Waals surface area contributed by atoms with Crippen molar-refractivity contribution < 1.29 is 18.3 Å². The maximum atomic E-state index is 14.3. The van der Waals surface area contributed by atoms with E-state index in [2.05, 4.69) is 25.7 Å². The van der Waals surface area contributed by atoms with E-state index in [4.69, 9.17) is 21.1 Å². The van der Waals surface area contributed by atoms with Gasteiger partial charge in [-0.3, -0.25) is 4.98 Å². The average molecular weight is 504 g/mol. The molecule has 184 valence electrons. The molecule has 9 nitrogen and oxygen atoms in total. The molecular weight excluding hydrogens is 480 g/mol. The second-order valence-electron chi connectivity index (χ2n) is 8.38. The normalized spacial score (nSPS) is 15.6. The molecule has 12 heteroatoms. The molecule has 0 saturated carbocycles. The zero-order chi connectivity index (χ0) is 24.5. The van der Waals surface area contributed by atoms with Crippen LogP contribution < -0.4 is 10.1 Å². The summed E-state index contributed by atoms with van der Waals surface area (Å²) in [6.07, 6.45) is 5.36. The molecule has 4 aromatic heterocycles.